The van der Waals surface area contributed by atoms with Gasteiger partial charge in [-0.1, -0.05) is 0 Å². The zero-order valence-corrected chi connectivity index (χ0v) is 13.2. The average Bonchev–Trinajstić information content (AvgIpc) is 2.35. The van der Waals surface area contributed by atoms with Crippen molar-refractivity contribution in [3.63, 3.8) is 0 Å². The summed E-state index contributed by atoms with van der Waals surface area (Å²) in [6.07, 6.45) is -5.70. The average molecular weight is 357 g/mol. The first kappa shape index (κ1) is 19.5. The van der Waals surface area contributed by atoms with Gasteiger partial charge < -0.3 is 16.0 Å². The normalized spacial score (nSPS) is 12.5. The maximum absolute atomic E-state index is 13.1. The third kappa shape index (κ3) is 5.87. The first-order chi connectivity index (χ1) is 10.4. The van der Waals surface area contributed by atoms with Crippen LogP contribution in [0.5, 0.6) is 0 Å². The van der Waals surface area contributed by atoms with Crippen molar-refractivity contribution in [1.29, 1.82) is 0 Å². The molecule has 0 aliphatic carbocycles. The first-order valence-electron chi connectivity index (χ1n) is 6.39. The van der Waals surface area contributed by atoms with E-state index in [9.17, 15) is 26.7 Å². The maximum Gasteiger partial charge on any atom is 0.464 e. The first-order valence-corrected chi connectivity index (χ1v) is 7.21. The molecular formula is C13H16F5N3OS. The summed E-state index contributed by atoms with van der Waals surface area (Å²) in [6, 6.07) is 3.12. The molecule has 3 N–H and O–H groups in total. The van der Waals surface area contributed by atoms with Gasteiger partial charge in [-0.2, -0.15) is 22.0 Å². The molecule has 0 aromatic heterocycles. The fourth-order valence-electron chi connectivity index (χ4n) is 1.51. The van der Waals surface area contributed by atoms with Gasteiger partial charge in [0.1, 0.15) is 0 Å². The van der Waals surface area contributed by atoms with Gasteiger partial charge in [0.2, 0.25) is 0 Å². The molecule has 0 saturated carbocycles. The van der Waals surface area contributed by atoms with Crippen molar-refractivity contribution >= 4 is 23.4 Å². The van der Waals surface area contributed by atoms with Crippen LogP contribution in [0.4, 0.5) is 27.6 Å². The largest absolute Gasteiger partial charge is 0.464 e. The van der Waals surface area contributed by atoms with Crippen LogP contribution in [-0.2, 0) is 0 Å². The van der Waals surface area contributed by atoms with Crippen LogP contribution in [0, 0.1) is 0 Å². The highest BCUT2D eigenvalue weighted by atomic mass is 32.2. The number of anilines is 1. The molecule has 0 spiro atoms. The van der Waals surface area contributed by atoms with Gasteiger partial charge in [-0.05, 0) is 44.1 Å². The van der Waals surface area contributed by atoms with Crippen LogP contribution in [0.1, 0.15) is 10.4 Å². The lowest BCUT2D eigenvalue weighted by molar-refractivity contribution is -0.237. The highest BCUT2D eigenvalue weighted by Crippen LogP contribution is 2.47. The van der Waals surface area contributed by atoms with Crippen LogP contribution < -0.4 is 11.1 Å². The van der Waals surface area contributed by atoms with E-state index in [2.05, 4.69) is 5.32 Å². The minimum Gasteiger partial charge on any atom is -0.399 e. The van der Waals surface area contributed by atoms with Crippen molar-refractivity contribution in [3.05, 3.63) is 23.8 Å². The second-order valence-corrected chi connectivity index (χ2v) is 6.15. The Balaban J connectivity index is 2.89. The summed E-state index contributed by atoms with van der Waals surface area (Å²) in [4.78, 5) is 13.3. The van der Waals surface area contributed by atoms with E-state index in [0.29, 0.717) is 13.1 Å². The highest BCUT2D eigenvalue weighted by molar-refractivity contribution is 8.00. The van der Waals surface area contributed by atoms with Crippen molar-refractivity contribution < 1.29 is 26.7 Å². The van der Waals surface area contributed by atoms with Gasteiger partial charge in [0.15, 0.2) is 0 Å². The van der Waals surface area contributed by atoms with Crippen LogP contribution >= 0.6 is 11.8 Å². The summed E-state index contributed by atoms with van der Waals surface area (Å²) in [6.45, 7) is 0.837. The van der Waals surface area contributed by atoms with Crippen molar-refractivity contribution in [2.75, 3.05) is 32.9 Å². The monoisotopic (exact) mass is 357 g/mol. The number of nitrogens with one attached hydrogen (secondary N) is 1. The van der Waals surface area contributed by atoms with E-state index in [4.69, 9.17) is 5.73 Å². The van der Waals surface area contributed by atoms with Crippen LogP contribution in [0.25, 0.3) is 0 Å². The number of benzene rings is 1. The van der Waals surface area contributed by atoms with E-state index >= 15 is 0 Å². The van der Waals surface area contributed by atoms with Crippen molar-refractivity contribution in [2.45, 2.75) is 16.3 Å². The number of nitrogen functional groups attached to an aromatic ring is 1. The number of hydrogen-bond donors (Lipinski definition) is 2. The quantitative estimate of drug-likeness (QED) is 0.467. The smallest absolute Gasteiger partial charge is 0.399 e. The molecule has 0 atom stereocenters. The molecule has 23 heavy (non-hydrogen) atoms. The molecular weight excluding hydrogens is 341 g/mol. The third-order valence-electron chi connectivity index (χ3n) is 2.61. The number of carbonyl (C=O) groups excluding carboxylic acids is 1. The van der Waals surface area contributed by atoms with Gasteiger partial charge in [-0.3, -0.25) is 4.79 Å². The molecule has 0 fully saturated rings. The van der Waals surface area contributed by atoms with Gasteiger partial charge in [0, 0.05) is 29.2 Å². The van der Waals surface area contributed by atoms with E-state index in [1.807, 2.05) is 4.90 Å². The predicted octanol–water partition coefficient (Wildman–Crippen LogP) is 2.81. The summed E-state index contributed by atoms with van der Waals surface area (Å²) in [5.41, 5.74) is 5.32. The SMILES string of the molecule is CN(C)CCNC(=O)c1cc(N)cc(SC(F)(F)C(F)(F)F)c1. The molecule has 0 aliphatic rings. The van der Waals surface area contributed by atoms with Crippen LogP contribution in [0.3, 0.4) is 0 Å². The van der Waals surface area contributed by atoms with E-state index in [-0.39, 0.29) is 11.3 Å². The molecule has 0 heterocycles. The molecule has 0 saturated heterocycles. The summed E-state index contributed by atoms with van der Waals surface area (Å²) >= 11 is -0.699. The Kier molecular flexibility index (Phi) is 6.23. The Morgan fingerprint density at radius 2 is 1.83 bits per heavy atom. The Labute approximate surface area is 134 Å². The summed E-state index contributed by atoms with van der Waals surface area (Å²) in [7, 11) is 3.58. The van der Waals surface area contributed by atoms with Crippen molar-refractivity contribution in [1.82, 2.24) is 10.2 Å². The fraction of sp³-hybridized carbons (Fsp3) is 0.462. The molecule has 10 heteroatoms. The summed E-state index contributed by atoms with van der Waals surface area (Å²) in [5, 5.41) is -2.45. The predicted molar refractivity (Wildman–Crippen MR) is 78.6 cm³/mol. The van der Waals surface area contributed by atoms with Gasteiger partial charge in [0.25, 0.3) is 5.91 Å². The fourth-order valence-corrected chi connectivity index (χ4v) is 2.31. The van der Waals surface area contributed by atoms with Gasteiger partial charge in [0.05, 0.1) is 0 Å². The minimum atomic E-state index is -5.70. The molecule has 0 bridgehead atoms. The molecule has 0 unspecified atom stereocenters. The number of likely N-dealkylation sites (N-methyl/N-ethyl adjacent to an activating group) is 1. The lowest BCUT2D eigenvalue weighted by atomic mass is 10.2. The zero-order valence-electron chi connectivity index (χ0n) is 12.4. The van der Waals surface area contributed by atoms with Gasteiger partial charge >= 0.3 is 11.4 Å². The van der Waals surface area contributed by atoms with Gasteiger partial charge in [-0.25, -0.2) is 0 Å². The summed E-state index contributed by atoms with van der Waals surface area (Å²) in [5.74, 6) is -0.601. The number of nitrogens with two attached hydrogens (primary N) is 1. The molecule has 1 aromatic rings. The van der Waals surface area contributed by atoms with E-state index in [0.717, 1.165) is 12.1 Å². The van der Waals surface area contributed by atoms with E-state index < -0.39 is 34.0 Å². The standard InChI is InChI=1S/C13H16F5N3OS/c1-21(2)4-3-20-11(22)8-5-9(19)7-10(6-8)23-13(17,18)12(14,15)16/h5-7H,3-4,19H2,1-2H3,(H,20,22). The molecule has 1 amide bonds. The maximum atomic E-state index is 13.1. The number of rotatable bonds is 6. The second kappa shape index (κ2) is 7.35. The topological polar surface area (TPSA) is 58.4 Å². The number of thioether (sulfide) groups is 1. The highest BCUT2D eigenvalue weighted by Gasteiger charge is 2.58. The number of nitrogens with zero attached hydrogens (tertiary/aromatic N) is 1. The molecule has 1 aromatic carbocycles. The minimum absolute atomic E-state index is 0.0780. The molecule has 0 aliphatic heterocycles. The summed E-state index contributed by atoms with van der Waals surface area (Å²) < 4.78 is 62.8. The molecule has 1 rings (SSSR count). The Hall–Kier alpha value is -1.55. The van der Waals surface area contributed by atoms with Gasteiger partial charge in [-0.15, -0.1) is 0 Å². The van der Waals surface area contributed by atoms with Crippen molar-refractivity contribution in [2.24, 2.45) is 0 Å². The van der Waals surface area contributed by atoms with E-state index in [1.54, 1.807) is 14.1 Å². The lowest BCUT2D eigenvalue weighted by Crippen LogP contribution is -2.33. The molecule has 4 nitrogen and oxygen atoms in total. The number of alkyl halides is 5. The molecule has 0 radical (unpaired) electrons. The second-order valence-electron chi connectivity index (χ2n) is 4.97. The Morgan fingerprint density at radius 1 is 1.22 bits per heavy atom. The van der Waals surface area contributed by atoms with Crippen LogP contribution in [0.2, 0.25) is 0 Å². The zero-order chi connectivity index (χ0) is 17.8. The Morgan fingerprint density at radius 3 is 2.35 bits per heavy atom. The van der Waals surface area contributed by atoms with Crippen molar-refractivity contribution in [3.8, 4) is 0 Å². The van der Waals surface area contributed by atoms with E-state index in [1.165, 1.54) is 6.07 Å². The van der Waals surface area contributed by atoms with Crippen LogP contribution in [-0.4, -0.2) is 49.4 Å². The number of hydrogen-bond acceptors (Lipinski definition) is 4. The number of halogens is 5. The number of carbonyl (C=O) groups is 1. The Bertz CT molecular complexity index is 563. The number of amides is 1. The molecule has 130 valence electrons. The van der Waals surface area contributed by atoms with Crippen LogP contribution in [0.15, 0.2) is 23.1 Å². The third-order valence-corrected chi connectivity index (χ3v) is 3.57. The lowest BCUT2D eigenvalue weighted by Gasteiger charge is -2.19.